The molecule has 0 atom stereocenters. The topological polar surface area (TPSA) is 0 Å². The van der Waals surface area contributed by atoms with Crippen LogP contribution in [0.4, 0.5) is 0 Å². The van der Waals surface area contributed by atoms with Gasteiger partial charge in [-0.25, -0.2) is 0 Å². The van der Waals surface area contributed by atoms with Gasteiger partial charge in [-0.15, -0.1) is 23.3 Å². The van der Waals surface area contributed by atoms with Crippen LogP contribution in [0.5, 0.6) is 0 Å². The Morgan fingerprint density at radius 2 is 0.576 bits per heavy atom. The number of hydrogen-bond acceptors (Lipinski definition) is 0. The molecule has 4 saturated carbocycles. The zero-order chi connectivity index (χ0) is 43.5. The van der Waals surface area contributed by atoms with E-state index in [0.717, 1.165) is 55.3 Å². The summed E-state index contributed by atoms with van der Waals surface area (Å²) >= 11 is 0. The molecule has 7 aromatic carbocycles. The Morgan fingerprint density at radius 1 is 0.318 bits per heavy atom. The van der Waals surface area contributed by atoms with Crippen LogP contribution < -0.4 is 10.6 Å². The van der Waals surface area contributed by atoms with E-state index in [1.54, 1.807) is 51.4 Å². The van der Waals surface area contributed by atoms with E-state index in [4.69, 9.17) is 12.8 Å². The molecule has 4 heteroatoms. The molecule has 4 aliphatic carbocycles. The van der Waals surface area contributed by atoms with E-state index >= 15 is 0 Å². The van der Waals surface area contributed by atoms with Gasteiger partial charge in [0.1, 0.15) is 10.6 Å². The quantitative estimate of drug-likeness (QED) is 0.0512. The summed E-state index contributed by atoms with van der Waals surface area (Å²) in [6, 6.07) is 47.2. The van der Waals surface area contributed by atoms with Gasteiger partial charge in [-0.1, -0.05) is 146 Å². The molecule has 4 fully saturated rings. The number of fused-ring (bicyclic) bond motifs is 6. The molecule has 0 unspecified atom stereocenters. The standard InChI is InChI=1S/C30H48P2.2C16H9.2Ag/c1-5-15-25(16-6-1)31(26-17-7-2-8-18-26)29-23-13-14-24-30(29)32(27-19-9-3-10-20-27)28-21-11-4-12-22-28;2*1-2-12-11-13-7-3-4-9-15(13)16-10-6-5-8-14(12)16;;/h13-14,23-28H,1-12,15-22H2;2*3-11H;;/q;2*-1;2*+1/p+2. The van der Waals surface area contributed by atoms with Crippen molar-refractivity contribution in [3.8, 4) is 11.8 Å². The van der Waals surface area contributed by atoms with Crippen LogP contribution in [0.1, 0.15) is 140 Å². The van der Waals surface area contributed by atoms with Crippen molar-refractivity contribution in [2.75, 3.05) is 0 Å². The maximum absolute atomic E-state index is 7.35. The van der Waals surface area contributed by atoms with Crippen LogP contribution in [0.25, 0.3) is 43.1 Å². The zero-order valence-corrected chi connectivity index (χ0v) is 43.7. The summed E-state index contributed by atoms with van der Waals surface area (Å²) in [5, 5.41) is 13.4. The smallest absolute Gasteiger partial charge is 0.366 e. The summed E-state index contributed by atoms with van der Waals surface area (Å²) in [7, 11) is -0.895. The average Bonchev–Trinajstić information content (AvgIpc) is 3.38. The molecule has 0 aliphatic heterocycles. The van der Waals surface area contributed by atoms with Gasteiger partial charge < -0.3 is 12.8 Å². The number of hydrogen-bond donors (Lipinski definition) is 0. The van der Waals surface area contributed by atoms with Crippen molar-refractivity contribution in [3.63, 3.8) is 0 Å². The van der Waals surface area contributed by atoms with Gasteiger partial charge in [-0.3, -0.25) is 11.8 Å². The molecule has 0 heterocycles. The average molecular weight is 1090 g/mol. The predicted octanol–water partition coefficient (Wildman–Crippen LogP) is 16.6. The van der Waals surface area contributed by atoms with Crippen LogP contribution in [0.15, 0.2) is 133 Å². The van der Waals surface area contributed by atoms with Crippen molar-refractivity contribution >= 4 is 69.5 Å². The molecule has 0 amide bonds. The van der Waals surface area contributed by atoms with Gasteiger partial charge in [-0.05, 0) is 147 Å². The van der Waals surface area contributed by atoms with Gasteiger partial charge in [0, 0.05) is 15.8 Å². The van der Waals surface area contributed by atoms with Crippen molar-refractivity contribution in [1.82, 2.24) is 0 Å². The van der Waals surface area contributed by atoms with E-state index in [1.807, 2.05) is 83.4 Å². The fraction of sp³-hybridized carbons (Fsp3) is 0.387. The van der Waals surface area contributed by atoms with Gasteiger partial charge >= 0.3 is 44.8 Å². The molecule has 4 aliphatic rings. The minimum atomic E-state index is -0.448. The summed E-state index contributed by atoms with van der Waals surface area (Å²) in [6.07, 6.45) is 45.5. The second-order valence-electron chi connectivity index (χ2n) is 19.4. The Kier molecular flexibility index (Phi) is 19.7. The summed E-state index contributed by atoms with van der Waals surface area (Å²) in [5.41, 5.74) is 6.04. The first-order valence-corrected chi connectivity index (χ1v) is 28.5. The minimum Gasteiger partial charge on any atom is -0.366 e. The molecule has 0 nitrogen and oxygen atoms in total. The Hall–Kier alpha value is -2.96. The van der Waals surface area contributed by atoms with Crippen LogP contribution >= 0.6 is 15.8 Å². The summed E-state index contributed by atoms with van der Waals surface area (Å²) < 4.78 is 0. The molecular weight excluding hydrogens is 1020 g/mol. The van der Waals surface area contributed by atoms with Gasteiger partial charge in [0.05, 0.1) is 22.6 Å². The molecule has 0 saturated heterocycles. The van der Waals surface area contributed by atoms with E-state index in [9.17, 15) is 0 Å². The van der Waals surface area contributed by atoms with Gasteiger partial charge in [0.15, 0.2) is 0 Å². The second-order valence-corrected chi connectivity index (χ2v) is 25.6. The monoisotopic (exact) mass is 1090 g/mol. The molecule has 0 spiro atoms. The van der Waals surface area contributed by atoms with E-state index in [2.05, 4.69) is 72.5 Å². The van der Waals surface area contributed by atoms with E-state index in [-0.39, 0.29) is 44.8 Å². The number of rotatable bonds is 6. The Morgan fingerprint density at radius 3 is 0.879 bits per heavy atom. The normalized spacial score (nSPS) is 17.5. The van der Waals surface area contributed by atoms with Crippen molar-refractivity contribution in [1.29, 1.82) is 0 Å². The maximum Gasteiger partial charge on any atom is 1.00 e. The summed E-state index contributed by atoms with van der Waals surface area (Å²) in [6.45, 7) is 0. The third-order valence-electron chi connectivity index (χ3n) is 15.5. The van der Waals surface area contributed by atoms with Crippen molar-refractivity contribution in [3.05, 3.63) is 157 Å². The van der Waals surface area contributed by atoms with Crippen LogP contribution in [0.3, 0.4) is 0 Å². The van der Waals surface area contributed by atoms with Gasteiger partial charge in [0.2, 0.25) is 0 Å². The Bertz CT molecular complexity index is 2490. The van der Waals surface area contributed by atoms with E-state index in [1.165, 1.54) is 98.6 Å². The van der Waals surface area contributed by atoms with Crippen molar-refractivity contribution in [2.45, 2.75) is 151 Å². The van der Waals surface area contributed by atoms with Crippen molar-refractivity contribution < 1.29 is 44.8 Å². The molecular formula is C62H68Ag2P2+2. The summed E-state index contributed by atoms with van der Waals surface area (Å²) in [4.78, 5) is 0. The fourth-order valence-corrected chi connectivity index (χ4v) is 21.9. The molecule has 0 bridgehead atoms. The molecule has 66 heavy (non-hydrogen) atoms. The molecule has 7 aromatic rings. The fourth-order valence-electron chi connectivity index (χ4n) is 12.5. The molecule has 346 valence electrons. The molecule has 0 aromatic heterocycles. The number of benzene rings is 7. The Balaban J connectivity index is 0.000000160. The minimum absolute atomic E-state index is 0. The van der Waals surface area contributed by atoms with Gasteiger partial charge in [-0.2, -0.15) is 0 Å². The first-order valence-electron chi connectivity index (χ1n) is 25.2. The van der Waals surface area contributed by atoms with Crippen LogP contribution in [0, 0.1) is 24.7 Å². The first kappa shape index (κ1) is 50.9. The second kappa shape index (κ2) is 25.6. The first-order chi connectivity index (χ1) is 31.7. The van der Waals surface area contributed by atoms with Crippen LogP contribution in [-0.4, -0.2) is 22.6 Å². The predicted molar refractivity (Wildman–Crippen MR) is 285 cm³/mol. The van der Waals surface area contributed by atoms with E-state index in [0.29, 0.717) is 0 Å². The third kappa shape index (κ3) is 11.9. The third-order valence-corrected chi connectivity index (χ3v) is 23.7. The Labute approximate surface area is 431 Å². The molecule has 0 radical (unpaired) electrons. The molecule has 0 N–H and O–H groups in total. The van der Waals surface area contributed by atoms with Crippen LogP contribution in [0.2, 0.25) is 0 Å². The molecule has 11 rings (SSSR count). The largest absolute Gasteiger partial charge is 1.00 e. The van der Waals surface area contributed by atoms with Crippen LogP contribution in [-0.2, 0) is 44.8 Å². The zero-order valence-electron chi connectivity index (χ0n) is 38.8. The van der Waals surface area contributed by atoms with E-state index < -0.39 is 15.8 Å². The van der Waals surface area contributed by atoms with Gasteiger partial charge in [0.25, 0.3) is 0 Å². The van der Waals surface area contributed by atoms with Crippen molar-refractivity contribution in [2.24, 2.45) is 0 Å². The summed E-state index contributed by atoms with van der Waals surface area (Å²) in [5.74, 6) is 5.02. The SMILES string of the molecule is [Ag+].[Ag+].[C-]#Cc1cc2ccccc2c2ccccc12.[C-]#Cc1cc2ccccc2c2ccccc12.c1ccc([PH+](C2CCCCC2)C2CCCCC2)c([PH+](C2CCCCC2)C2CCCCC2)c1. The maximum atomic E-state index is 7.35.